The van der Waals surface area contributed by atoms with E-state index in [1.165, 1.54) is 6.92 Å². The van der Waals surface area contributed by atoms with Crippen LogP contribution in [0.15, 0.2) is 30.3 Å². The van der Waals surface area contributed by atoms with Gasteiger partial charge in [-0.15, -0.1) is 0 Å². The maximum Gasteiger partial charge on any atom is 0.328 e. The van der Waals surface area contributed by atoms with Crippen LogP contribution in [0, 0.1) is 0 Å². The van der Waals surface area contributed by atoms with Gasteiger partial charge in [0.2, 0.25) is 35.4 Å². The number of carbonyl (C=O) groups excluding carboxylic acids is 6. The van der Waals surface area contributed by atoms with E-state index in [2.05, 4.69) is 26.6 Å². The number of rotatable bonds is 24. The van der Waals surface area contributed by atoms with Gasteiger partial charge < -0.3 is 59.3 Å². The molecule has 0 fully saturated rings. The van der Waals surface area contributed by atoms with Gasteiger partial charge in [0, 0.05) is 6.42 Å². The Labute approximate surface area is 285 Å². The molecule has 14 N–H and O–H groups in total. The van der Waals surface area contributed by atoms with Crippen LogP contribution in [0.25, 0.3) is 0 Å². The fourth-order valence-corrected chi connectivity index (χ4v) is 4.41. The minimum atomic E-state index is -1.56. The van der Waals surface area contributed by atoms with E-state index in [4.69, 9.17) is 27.4 Å². The van der Waals surface area contributed by atoms with Crippen molar-refractivity contribution in [1.29, 1.82) is 0 Å². The highest BCUT2D eigenvalue weighted by Gasteiger charge is 2.27. The predicted molar refractivity (Wildman–Crippen MR) is 178 cm³/mol. The second-order valence-electron chi connectivity index (χ2n) is 11.4. The number of aliphatic carboxylic acids is 1. The number of nitrogens with one attached hydrogen (secondary N) is 6. The van der Waals surface area contributed by atoms with Crippen LogP contribution >= 0.6 is 0 Å². The lowest BCUT2D eigenvalue weighted by Gasteiger charge is -2.23. The molecule has 49 heavy (non-hydrogen) atoms. The molecule has 274 valence electrons. The number of amides is 6. The molecule has 18 nitrogen and oxygen atoms in total. The minimum Gasteiger partial charge on any atom is -0.480 e. The smallest absolute Gasteiger partial charge is 0.328 e. The number of carbonyl (C=O) groups is 7. The van der Waals surface area contributed by atoms with E-state index < -0.39 is 91.3 Å². The number of nitrogens with two attached hydrogens (primary N) is 3. The number of unbranched alkanes of at least 4 members (excludes halogenated alkanes) is 2. The molecule has 5 atom stereocenters. The van der Waals surface area contributed by atoms with Gasteiger partial charge in [-0.05, 0) is 57.7 Å². The van der Waals surface area contributed by atoms with Gasteiger partial charge in [0.25, 0.3) is 0 Å². The quantitative estimate of drug-likeness (QED) is 0.0463. The molecule has 18 heteroatoms. The summed E-state index contributed by atoms with van der Waals surface area (Å²) in [4.78, 5) is 87.2. The molecule has 0 aromatic heterocycles. The zero-order chi connectivity index (χ0) is 36.8. The number of aliphatic hydroxyl groups is 1. The summed E-state index contributed by atoms with van der Waals surface area (Å²) >= 11 is 0. The molecule has 1 aromatic rings. The van der Waals surface area contributed by atoms with E-state index in [-0.39, 0.29) is 12.8 Å². The Morgan fingerprint density at radius 2 is 1.22 bits per heavy atom. The van der Waals surface area contributed by atoms with Gasteiger partial charge in [-0.2, -0.15) is 0 Å². The van der Waals surface area contributed by atoms with Crippen LogP contribution in [0.3, 0.4) is 0 Å². The summed E-state index contributed by atoms with van der Waals surface area (Å²) in [6.07, 6.45) is 3.16. The molecule has 0 radical (unpaired) electrons. The van der Waals surface area contributed by atoms with E-state index >= 15 is 0 Å². The number of benzene rings is 1. The van der Waals surface area contributed by atoms with Crippen LogP contribution in [-0.4, -0.2) is 115 Å². The van der Waals surface area contributed by atoms with Gasteiger partial charge in [-0.3, -0.25) is 28.8 Å². The van der Waals surface area contributed by atoms with E-state index in [1.807, 2.05) is 5.32 Å². The van der Waals surface area contributed by atoms with Crippen LogP contribution < -0.4 is 49.1 Å². The van der Waals surface area contributed by atoms with E-state index in [0.717, 1.165) is 0 Å². The van der Waals surface area contributed by atoms with Crippen molar-refractivity contribution < 1.29 is 43.8 Å². The number of carboxylic acids is 1. The first-order chi connectivity index (χ1) is 23.3. The molecule has 0 aliphatic rings. The zero-order valence-corrected chi connectivity index (χ0v) is 27.7. The highest BCUT2D eigenvalue weighted by Crippen LogP contribution is 2.06. The van der Waals surface area contributed by atoms with Gasteiger partial charge in [0.1, 0.15) is 24.2 Å². The topological polar surface area (TPSA) is 310 Å². The fourth-order valence-electron chi connectivity index (χ4n) is 4.41. The molecule has 0 aliphatic heterocycles. The zero-order valence-electron chi connectivity index (χ0n) is 27.7. The molecule has 6 amide bonds. The molecular weight excluding hydrogens is 642 g/mol. The molecule has 0 saturated heterocycles. The van der Waals surface area contributed by atoms with Crippen molar-refractivity contribution >= 4 is 41.4 Å². The van der Waals surface area contributed by atoms with Gasteiger partial charge >= 0.3 is 5.97 Å². The SMILES string of the molecule is CC(NC(=O)C(CCCCN)NC(=O)C(N)CCCCN)C(=O)NCC(=O)NC(Cc1ccccc1)C(=O)NCC(=O)NC(CO)C(=O)O. The summed E-state index contributed by atoms with van der Waals surface area (Å²) in [6, 6.07) is 2.96. The largest absolute Gasteiger partial charge is 0.480 e. The Morgan fingerprint density at radius 3 is 1.78 bits per heavy atom. The average Bonchev–Trinajstić information content (AvgIpc) is 3.07. The number of aliphatic hydroxyl groups excluding tert-OH is 1. The van der Waals surface area contributed by atoms with Crippen molar-refractivity contribution in [2.75, 3.05) is 32.8 Å². The van der Waals surface area contributed by atoms with Crippen molar-refractivity contribution in [2.24, 2.45) is 17.2 Å². The third kappa shape index (κ3) is 17.4. The summed E-state index contributed by atoms with van der Waals surface area (Å²) in [7, 11) is 0. The highest BCUT2D eigenvalue weighted by molar-refractivity contribution is 5.95. The predicted octanol–water partition coefficient (Wildman–Crippen LogP) is -3.92. The molecular formula is C31H51N9O9. The molecule has 0 heterocycles. The summed E-state index contributed by atoms with van der Waals surface area (Å²) in [5, 5.41) is 32.5. The van der Waals surface area contributed by atoms with E-state index in [0.29, 0.717) is 50.8 Å². The molecule has 1 rings (SSSR count). The molecule has 0 saturated carbocycles. The summed E-state index contributed by atoms with van der Waals surface area (Å²) in [5.41, 5.74) is 17.7. The second-order valence-corrected chi connectivity index (χ2v) is 11.4. The van der Waals surface area contributed by atoms with Crippen molar-refractivity contribution in [3.8, 4) is 0 Å². The Bertz CT molecular complexity index is 1240. The van der Waals surface area contributed by atoms with Gasteiger partial charge in [-0.1, -0.05) is 36.8 Å². The first-order valence-electron chi connectivity index (χ1n) is 16.1. The summed E-state index contributed by atoms with van der Waals surface area (Å²) < 4.78 is 0. The molecule has 0 aliphatic carbocycles. The standard InChI is InChI=1S/C31H51N9O9/c1-19(37-30(47)22(12-6-8-14-33)40-28(45)21(34)11-5-7-13-32)27(44)35-16-25(42)38-23(15-20-9-3-2-4-10-20)29(46)36-17-26(43)39-24(18-41)31(48)49/h2-4,9-10,19,21-24,41H,5-8,11-18,32-34H2,1H3,(H,35,44)(H,36,46)(H,37,47)(H,38,42)(H,39,43)(H,40,45)(H,48,49). The Hall–Kier alpha value is -4.65. The van der Waals surface area contributed by atoms with Crippen LogP contribution in [0.2, 0.25) is 0 Å². The van der Waals surface area contributed by atoms with Gasteiger partial charge in [-0.25, -0.2) is 4.79 Å². The monoisotopic (exact) mass is 693 g/mol. The number of hydrogen-bond donors (Lipinski definition) is 11. The number of carboxylic acid groups (broad SMARTS) is 1. The van der Waals surface area contributed by atoms with Gasteiger partial charge in [0.05, 0.1) is 25.7 Å². The van der Waals surface area contributed by atoms with E-state index in [1.54, 1.807) is 30.3 Å². The summed E-state index contributed by atoms with van der Waals surface area (Å²) in [6.45, 7) is 0.198. The van der Waals surface area contributed by atoms with Crippen molar-refractivity contribution in [2.45, 2.75) is 82.1 Å². The maximum absolute atomic E-state index is 13.0. The molecule has 1 aromatic carbocycles. The summed E-state index contributed by atoms with van der Waals surface area (Å²) in [5.74, 6) is -5.71. The lowest BCUT2D eigenvalue weighted by molar-refractivity contribution is -0.142. The molecule has 0 bridgehead atoms. The Morgan fingerprint density at radius 1 is 0.673 bits per heavy atom. The van der Waals surface area contributed by atoms with Crippen LogP contribution in [0.5, 0.6) is 0 Å². The van der Waals surface area contributed by atoms with Gasteiger partial charge in [0.15, 0.2) is 0 Å². The second kappa shape index (κ2) is 23.6. The maximum atomic E-state index is 13.0. The van der Waals surface area contributed by atoms with Crippen molar-refractivity contribution in [1.82, 2.24) is 31.9 Å². The van der Waals surface area contributed by atoms with Crippen LogP contribution in [-0.2, 0) is 40.0 Å². The third-order valence-electron chi connectivity index (χ3n) is 7.23. The van der Waals surface area contributed by atoms with E-state index in [9.17, 15) is 33.6 Å². The lowest BCUT2D eigenvalue weighted by atomic mass is 10.1. The first-order valence-corrected chi connectivity index (χ1v) is 16.1. The molecule has 0 spiro atoms. The average molecular weight is 694 g/mol. The normalized spacial score (nSPS) is 13.8. The number of hydrogen-bond acceptors (Lipinski definition) is 11. The van der Waals surface area contributed by atoms with Crippen molar-refractivity contribution in [3.63, 3.8) is 0 Å². The van der Waals surface area contributed by atoms with Crippen LogP contribution in [0.4, 0.5) is 0 Å². The fraction of sp³-hybridized carbons (Fsp3) is 0.581. The Kier molecular flexibility index (Phi) is 20.4. The van der Waals surface area contributed by atoms with Crippen LogP contribution in [0.1, 0.15) is 51.0 Å². The van der Waals surface area contributed by atoms with Crippen molar-refractivity contribution in [3.05, 3.63) is 35.9 Å². The third-order valence-corrected chi connectivity index (χ3v) is 7.23. The Balaban J connectivity index is 2.79. The minimum absolute atomic E-state index is 0.0166. The lowest BCUT2D eigenvalue weighted by Crippen LogP contribution is -2.56. The highest BCUT2D eigenvalue weighted by atomic mass is 16.4. The first kappa shape index (κ1) is 42.4. The molecule has 5 unspecified atom stereocenters.